The molecule has 2 heterocycles. The van der Waals surface area contributed by atoms with Gasteiger partial charge < -0.3 is 14.5 Å². The number of hydrogen-bond donors (Lipinski definition) is 0. The fourth-order valence-electron chi connectivity index (χ4n) is 3.81. The molecule has 4 rings (SSSR count). The first-order valence-electron chi connectivity index (χ1n) is 10.4. The van der Waals surface area contributed by atoms with Crippen LogP contribution in [0.3, 0.4) is 0 Å². The van der Waals surface area contributed by atoms with Crippen molar-refractivity contribution < 1.29 is 14.5 Å². The predicted molar refractivity (Wildman–Crippen MR) is 118 cm³/mol. The number of nitro groups is 1. The molecule has 166 valence electrons. The highest BCUT2D eigenvalue weighted by molar-refractivity contribution is 5.93. The maximum atomic E-state index is 13.1. The number of carbonyl (C=O) groups excluding carboxylic acids is 1. The van der Waals surface area contributed by atoms with E-state index in [1.165, 1.54) is 16.8 Å². The third kappa shape index (κ3) is 4.11. The van der Waals surface area contributed by atoms with Crippen LogP contribution in [0.4, 0.5) is 11.4 Å². The van der Waals surface area contributed by atoms with E-state index in [4.69, 9.17) is 4.74 Å². The van der Waals surface area contributed by atoms with Crippen LogP contribution in [0.1, 0.15) is 23.1 Å². The van der Waals surface area contributed by atoms with Crippen molar-refractivity contribution in [3.05, 3.63) is 70.0 Å². The summed E-state index contributed by atoms with van der Waals surface area (Å²) in [4.78, 5) is 27.7. The maximum Gasteiger partial charge on any atom is 0.276 e. The van der Waals surface area contributed by atoms with Crippen LogP contribution >= 0.6 is 0 Å². The molecule has 1 amide bonds. The summed E-state index contributed by atoms with van der Waals surface area (Å²) in [6.45, 7) is 6.72. The number of anilines is 1. The Labute approximate surface area is 185 Å². The summed E-state index contributed by atoms with van der Waals surface area (Å²) >= 11 is 0. The van der Waals surface area contributed by atoms with Gasteiger partial charge in [-0.25, -0.2) is 4.68 Å². The smallest absolute Gasteiger partial charge is 0.276 e. The number of ether oxygens (including phenoxy) is 1. The Morgan fingerprint density at radius 3 is 2.59 bits per heavy atom. The van der Waals surface area contributed by atoms with Gasteiger partial charge in [0.15, 0.2) is 5.69 Å². The monoisotopic (exact) mass is 436 g/mol. The predicted octanol–water partition coefficient (Wildman–Crippen LogP) is 2.85. The van der Waals surface area contributed by atoms with Gasteiger partial charge in [-0.3, -0.25) is 14.9 Å². The summed E-state index contributed by atoms with van der Waals surface area (Å²) in [5, 5.41) is 19.2. The van der Waals surface area contributed by atoms with Crippen molar-refractivity contribution in [2.45, 2.75) is 13.8 Å². The molecule has 32 heavy (non-hydrogen) atoms. The van der Waals surface area contributed by atoms with Crippen LogP contribution in [0.5, 0.6) is 5.75 Å². The standard InChI is InChI=1S/C22H24N6O4/c1-3-32-20-10-5-4-9-19(20)25-11-13-26(14-12-25)22(29)21-16(2)27(24-23-21)17-7-6-8-18(15-17)28(30)31/h4-10,15H,3,11-14H2,1-2H3. The van der Waals surface area contributed by atoms with Gasteiger partial charge in [0.1, 0.15) is 5.75 Å². The first kappa shape index (κ1) is 21.3. The molecule has 0 bridgehead atoms. The number of carbonyl (C=O) groups is 1. The molecular formula is C22H24N6O4. The molecule has 0 saturated carbocycles. The Bertz CT molecular complexity index is 1140. The van der Waals surface area contributed by atoms with Crippen LogP contribution in [-0.4, -0.2) is 63.5 Å². The van der Waals surface area contributed by atoms with E-state index in [0.717, 1.165) is 11.4 Å². The van der Waals surface area contributed by atoms with Gasteiger partial charge in [0.2, 0.25) is 0 Å². The number of non-ortho nitro benzene ring substituents is 1. The number of benzene rings is 2. The van der Waals surface area contributed by atoms with E-state index in [1.54, 1.807) is 24.0 Å². The molecule has 0 radical (unpaired) electrons. The zero-order valence-corrected chi connectivity index (χ0v) is 18.0. The van der Waals surface area contributed by atoms with Gasteiger partial charge in [-0.2, -0.15) is 0 Å². The van der Waals surface area contributed by atoms with Crippen molar-refractivity contribution in [2.24, 2.45) is 0 Å². The number of rotatable bonds is 6. The fraction of sp³-hybridized carbons (Fsp3) is 0.318. The molecule has 1 fully saturated rings. The molecule has 3 aromatic rings. The minimum absolute atomic E-state index is 0.0475. The number of hydrogen-bond acceptors (Lipinski definition) is 7. The summed E-state index contributed by atoms with van der Waals surface area (Å²) in [5.41, 5.74) is 2.25. The third-order valence-electron chi connectivity index (χ3n) is 5.45. The van der Waals surface area contributed by atoms with Crippen LogP contribution in [0.2, 0.25) is 0 Å². The average Bonchev–Trinajstić information content (AvgIpc) is 3.20. The van der Waals surface area contributed by atoms with E-state index in [-0.39, 0.29) is 17.3 Å². The highest BCUT2D eigenvalue weighted by Gasteiger charge is 2.27. The molecule has 1 aliphatic rings. The summed E-state index contributed by atoms with van der Waals surface area (Å²) in [7, 11) is 0. The Hall–Kier alpha value is -3.95. The molecule has 0 N–H and O–H groups in total. The van der Waals surface area contributed by atoms with Crippen molar-refractivity contribution >= 4 is 17.3 Å². The molecule has 0 atom stereocenters. The topological polar surface area (TPSA) is 107 Å². The van der Waals surface area contributed by atoms with E-state index >= 15 is 0 Å². The molecule has 10 nitrogen and oxygen atoms in total. The second-order valence-corrected chi connectivity index (χ2v) is 7.39. The summed E-state index contributed by atoms with van der Waals surface area (Å²) in [6, 6.07) is 14.0. The lowest BCUT2D eigenvalue weighted by atomic mass is 10.2. The normalized spacial score (nSPS) is 13.8. The second kappa shape index (κ2) is 9.04. The molecular weight excluding hydrogens is 412 g/mol. The Balaban J connectivity index is 1.48. The summed E-state index contributed by atoms with van der Waals surface area (Å²) in [5.74, 6) is 0.641. The number of piperazine rings is 1. The number of amides is 1. The van der Waals surface area contributed by atoms with E-state index in [2.05, 4.69) is 15.2 Å². The Morgan fingerprint density at radius 1 is 1.12 bits per heavy atom. The molecule has 1 aromatic heterocycles. The van der Waals surface area contributed by atoms with Crippen molar-refractivity contribution in [1.29, 1.82) is 0 Å². The van der Waals surface area contributed by atoms with Crippen molar-refractivity contribution in [2.75, 3.05) is 37.7 Å². The average molecular weight is 436 g/mol. The minimum atomic E-state index is -0.467. The van der Waals surface area contributed by atoms with Crippen LogP contribution in [0.25, 0.3) is 5.69 Å². The Morgan fingerprint density at radius 2 is 1.88 bits per heavy atom. The largest absolute Gasteiger partial charge is 0.492 e. The SMILES string of the molecule is CCOc1ccccc1N1CCN(C(=O)c2nnn(-c3cccc([N+](=O)[O-])c3)c2C)CC1. The molecule has 10 heteroatoms. The highest BCUT2D eigenvalue weighted by Crippen LogP contribution is 2.29. The summed E-state index contributed by atoms with van der Waals surface area (Å²) in [6.07, 6.45) is 0. The highest BCUT2D eigenvalue weighted by atomic mass is 16.6. The van der Waals surface area contributed by atoms with Crippen LogP contribution in [-0.2, 0) is 0 Å². The number of para-hydroxylation sites is 2. The van der Waals surface area contributed by atoms with Crippen molar-refractivity contribution in [3.8, 4) is 11.4 Å². The quantitative estimate of drug-likeness (QED) is 0.432. The van der Waals surface area contributed by atoms with Crippen LogP contribution in [0.15, 0.2) is 48.5 Å². The molecule has 1 aliphatic heterocycles. The number of aromatic nitrogens is 3. The third-order valence-corrected chi connectivity index (χ3v) is 5.45. The molecule has 0 unspecified atom stereocenters. The molecule has 1 saturated heterocycles. The second-order valence-electron chi connectivity index (χ2n) is 7.39. The van der Waals surface area contributed by atoms with Crippen molar-refractivity contribution in [3.63, 3.8) is 0 Å². The lowest BCUT2D eigenvalue weighted by molar-refractivity contribution is -0.384. The van der Waals surface area contributed by atoms with E-state index < -0.39 is 4.92 Å². The number of nitro benzene ring substituents is 1. The number of nitrogens with zero attached hydrogens (tertiary/aromatic N) is 6. The van der Waals surface area contributed by atoms with Gasteiger partial charge in [-0.05, 0) is 32.0 Å². The van der Waals surface area contributed by atoms with Crippen molar-refractivity contribution in [1.82, 2.24) is 19.9 Å². The van der Waals surface area contributed by atoms with Gasteiger partial charge in [0.25, 0.3) is 11.6 Å². The van der Waals surface area contributed by atoms with E-state index in [0.29, 0.717) is 44.2 Å². The van der Waals surface area contributed by atoms with Gasteiger partial charge in [0, 0.05) is 38.3 Å². The summed E-state index contributed by atoms with van der Waals surface area (Å²) < 4.78 is 7.19. The van der Waals surface area contributed by atoms with Gasteiger partial charge in [0.05, 0.1) is 28.6 Å². The lowest BCUT2D eigenvalue weighted by Gasteiger charge is -2.36. The van der Waals surface area contributed by atoms with Gasteiger partial charge in [-0.15, -0.1) is 5.10 Å². The fourth-order valence-corrected chi connectivity index (χ4v) is 3.81. The minimum Gasteiger partial charge on any atom is -0.492 e. The maximum absolute atomic E-state index is 13.1. The molecule has 0 spiro atoms. The first-order valence-corrected chi connectivity index (χ1v) is 10.4. The zero-order valence-electron chi connectivity index (χ0n) is 18.0. The van der Waals surface area contributed by atoms with Crippen LogP contribution < -0.4 is 9.64 Å². The van der Waals surface area contributed by atoms with Crippen LogP contribution in [0, 0.1) is 17.0 Å². The zero-order chi connectivity index (χ0) is 22.7. The molecule has 2 aromatic carbocycles. The van der Waals surface area contributed by atoms with Gasteiger partial charge in [-0.1, -0.05) is 23.4 Å². The van der Waals surface area contributed by atoms with Gasteiger partial charge >= 0.3 is 0 Å². The van der Waals surface area contributed by atoms with E-state index in [9.17, 15) is 14.9 Å². The Kier molecular flexibility index (Phi) is 6.02. The lowest BCUT2D eigenvalue weighted by Crippen LogP contribution is -2.49. The first-order chi connectivity index (χ1) is 15.5. The molecule has 0 aliphatic carbocycles. The van der Waals surface area contributed by atoms with E-state index in [1.807, 2.05) is 31.2 Å².